The molecule has 2 rings (SSSR count). The Hall–Kier alpha value is -0.650. The average Bonchev–Trinajstić information content (AvgIpc) is 3.09. The van der Waals surface area contributed by atoms with E-state index in [1.165, 1.54) is 12.8 Å². The molecular weight excluding hydrogens is 232 g/mol. The first-order valence-corrected chi connectivity index (χ1v) is 6.94. The fourth-order valence-corrected chi connectivity index (χ4v) is 2.27. The first kappa shape index (κ1) is 13.8. The smallest absolute Gasteiger partial charge is 0.249 e. The average molecular weight is 256 g/mol. The molecule has 0 aromatic carbocycles. The zero-order valence-electron chi connectivity index (χ0n) is 11.1. The SMILES string of the molecule is CC(OCC1CCCO1)C(=O)NC(CN)C1CC1. The molecule has 5 heteroatoms. The molecule has 5 nitrogen and oxygen atoms in total. The van der Waals surface area contributed by atoms with E-state index in [9.17, 15) is 4.79 Å². The number of nitrogens with one attached hydrogen (secondary N) is 1. The minimum Gasteiger partial charge on any atom is -0.376 e. The van der Waals surface area contributed by atoms with Crippen molar-refractivity contribution in [3.63, 3.8) is 0 Å². The van der Waals surface area contributed by atoms with E-state index in [4.69, 9.17) is 15.2 Å². The second-order valence-corrected chi connectivity index (χ2v) is 5.30. The lowest BCUT2D eigenvalue weighted by Gasteiger charge is -2.20. The Labute approximate surface area is 108 Å². The molecular formula is C13H24N2O3. The molecule has 1 saturated heterocycles. The molecule has 0 aromatic heterocycles. The van der Waals surface area contributed by atoms with Gasteiger partial charge >= 0.3 is 0 Å². The van der Waals surface area contributed by atoms with Crippen molar-refractivity contribution in [2.75, 3.05) is 19.8 Å². The van der Waals surface area contributed by atoms with Crippen LogP contribution in [0.1, 0.15) is 32.6 Å². The van der Waals surface area contributed by atoms with E-state index < -0.39 is 6.10 Å². The first-order valence-electron chi connectivity index (χ1n) is 6.94. The summed E-state index contributed by atoms with van der Waals surface area (Å²) in [4.78, 5) is 11.9. The fourth-order valence-electron chi connectivity index (χ4n) is 2.27. The van der Waals surface area contributed by atoms with Gasteiger partial charge in [-0.1, -0.05) is 0 Å². The number of amides is 1. The molecule has 1 aliphatic carbocycles. The van der Waals surface area contributed by atoms with Gasteiger partial charge in [-0.05, 0) is 38.5 Å². The Morgan fingerprint density at radius 1 is 1.50 bits per heavy atom. The van der Waals surface area contributed by atoms with Crippen LogP contribution in [0.2, 0.25) is 0 Å². The second kappa shape index (κ2) is 6.50. The number of hydrogen-bond acceptors (Lipinski definition) is 4. The maximum atomic E-state index is 11.9. The van der Waals surface area contributed by atoms with Crippen molar-refractivity contribution in [3.8, 4) is 0 Å². The molecule has 1 aliphatic heterocycles. The zero-order chi connectivity index (χ0) is 13.0. The summed E-state index contributed by atoms with van der Waals surface area (Å²) in [7, 11) is 0. The molecule has 0 radical (unpaired) electrons. The van der Waals surface area contributed by atoms with Crippen LogP contribution < -0.4 is 11.1 Å². The predicted molar refractivity (Wildman–Crippen MR) is 68.1 cm³/mol. The molecule has 0 spiro atoms. The van der Waals surface area contributed by atoms with Crippen LogP contribution in [0, 0.1) is 5.92 Å². The monoisotopic (exact) mass is 256 g/mol. The van der Waals surface area contributed by atoms with Gasteiger partial charge in [-0.15, -0.1) is 0 Å². The van der Waals surface area contributed by atoms with Crippen molar-refractivity contribution < 1.29 is 14.3 Å². The van der Waals surface area contributed by atoms with E-state index in [0.29, 0.717) is 19.1 Å². The predicted octanol–water partition coefficient (Wildman–Crippen LogP) is 0.424. The summed E-state index contributed by atoms with van der Waals surface area (Å²) in [6, 6.07) is 0.117. The van der Waals surface area contributed by atoms with E-state index in [-0.39, 0.29) is 18.1 Å². The van der Waals surface area contributed by atoms with Gasteiger partial charge in [0, 0.05) is 19.2 Å². The van der Waals surface area contributed by atoms with Crippen molar-refractivity contribution in [2.45, 2.75) is 50.9 Å². The second-order valence-electron chi connectivity index (χ2n) is 5.30. The summed E-state index contributed by atoms with van der Waals surface area (Å²) in [6.45, 7) is 3.61. The lowest BCUT2D eigenvalue weighted by Crippen LogP contribution is -2.46. The third-order valence-electron chi connectivity index (χ3n) is 3.70. The number of rotatable bonds is 7. The molecule has 2 aliphatic rings. The van der Waals surface area contributed by atoms with Crippen LogP contribution in [0.15, 0.2) is 0 Å². The Kier molecular flexibility index (Phi) is 4.97. The standard InChI is InChI=1S/C13H24N2O3/c1-9(18-8-11-3-2-6-17-11)13(16)15-12(7-14)10-4-5-10/h9-12H,2-8,14H2,1H3,(H,15,16). The molecule has 0 bridgehead atoms. The van der Waals surface area contributed by atoms with Crippen molar-refractivity contribution in [3.05, 3.63) is 0 Å². The van der Waals surface area contributed by atoms with Crippen LogP contribution >= 0.6 is 0 Å². The summed E-state index contributed by atoms with van der Waals surface area (Å²) in [5, 5.41) is 2.97. The fraction of sp³-hybridized carbons (Fsp3) is 0.923. The minimum atomic E-state index is -0.429. The highest BCUT2D eigenvalue weighted by Gasteiger charge is 2.32. The molecule has 3 N–H and O–H groups in total. The van der Waals surface area contributed by atoms with Crippen molar-refractivity contribution in [1.82, 2.24) is 5.32 Å². The van der Waals surface area contributed by atoms with Crippen LogP contribution in [-0.2, 0) is 14.3 Å². The highest BCUT2D eigenvalue weighted by Crippen LogP contribution is 2.32. The highest BCUT2D eigenvalue weighted by molar-refractivity contribution is 5.80. The topological polar surface area (TPSA) is 73.6 Å². The van der Waals surface area contributed by atoms with Crippen LogP contribution in [0.5, 0.6) is 0 Å². The van der Waals surface area contributed by atoms with E-state index in [1.54, 1.807) is 6.92 Å². The minimum absolute atomic E-state index is 0.0599. The Balaban J connectivity index is 1.66. The molecule has 0 aromatic rings. The molecule has 3 unspecified atom stereocenters. The molecule has 18 heavy (non-hydrogen) atoms. The lowest BCUT2D eigenvalue weighted by atomic mass is 10.2. The van der Waals surface area contributed by atoms with E-state index in [1.807, 2.05) is 0 Å². The quantitative estimate of drug-likeness (QED) is 0.692. The first-order chi connectivity index (χ1) is 8.70. The van der Waals surface area contributed by atoms with Gasteiger partial charge in [-0.25, -0.2) is 0 Å². The number of ether oxygens (including phenoxy) is 2. The van der Waals surface area contributed by atoms with Crippen molar-refractivity contribution >= 4 is 5.91 Å². The molecule has 1 amide bonds. The summed E-state index contributed by atoms with van der Waals surface area (Å²) in [6.07, 6.45) is 4.20. The van der Waals surface area contributed by atoms with Gasteiger partial charge in [0.1, 0.15) is 6.10 Å². The van der Waals surface area contributed by atoms with Crippen LogP contribution in [-0.4, -0.2) is 43.9 Å². The number of nitrogens with two attached hydrogens (primary N) is 1. The summed E-state index contributed by atoms with van der Waals surface area (Å²) in [5.41, 5.74) is 5.66. The number of carbonyl (C=O) groups is 1. The maximum Gasteiger partial charge on any atom is 0.249 e. The van der Waals surface area contributed by atoms with Gasteiger partial charge in [0.15, 0.2) is 0 Å². The lowest BCUT2D eigenvalue weighted by molar-refractivity contribution is -0.134. The van der Waals surface area contributed by atoms with Gasteiger partial charge < -0.3 is 20.5 Å². The van der Waals surface area contributed by atoms with Crippen LogP contribution in [0.25, 0.3) is 0 Å². The number of carbonyl (C=O) groups excluding carboxylic acids is 1. The molecule has 2 fully saturated rings. The van der Waals surface area contributed by atoms with Crippen molar-refractivity contribution in [2.24, 2.45) is 11.7 Å². The molecule has 1 heterocycles. The third kappa shape index (κ3) is 3.93. The Morgan fingerprint density at radius 3 is 2.83 bits per heavy atom. The van der Waals surface area contributed by atoms with Gasteiger partial charge in [0.25, 0.3) is 0 Å². The largest absolute Gasteiger partial charge is 0.376 e. The number of hydrogen-bond donors (Lipinski definition) is 2. The summed E-state index contributed by atoms with van der Waals surface area (Å²) < 4.78 is 11.0. The summed E-state index contributed by atoms with van der Waals surface area (Å²) in [5.74, 6) is 0.514. The molecule has 104 valence electrons. The van der Waals surface area contributed by atoms with E-state index >= 15 is 0 Å². The van der Waals surface area contributed by atoms with Gasteiger partial charge in [0.2, 0.25) is 5.91 Å². The van der Waals surface area contributed by atoms with Gasteiger partial charge in [0.05, 0.1) is 12.7 Å². The third-order valence-corrected chi connectivity index (χ3v) is 3.70. The van der Waals surface area contributed by atoms with Gasteiger partial charge in [-0.2, -0.15) is 0 Å². The van der Waals surface area contributed by atoms with Crippen molar-refractivity contribution in [1.29, 1.82) is 0 Å². The van der Waals surface area contributed by atoms with Crippen LogP contribution in [0.4, 0.5) is 0 Å². The van der Waals surface area contributed by atoms with Crippen LogP contribution in [0.3, 0.4) is 0 Å². The molecule has 3 atom stereocenters. The van der Waals surface area contributed by atoms with Gasteiger partial charge in [-0.3, -0.25) is 4.79 Å². The van der Waals surface area contributed by atoms with E-state index in [0.717, 1.165) is 19.4 Å². The maximum absolute atomic E-state index is 11.9. The Bertz CT molecular complexity index is 275. The highest BCUT2D eigenvalue weighted by atomic mass is 16.5. The Morgan fingerprint density at radius 2 is 2.28 bits per heavy atom. The summed E-state index contributed by atoms with van der Waals surface area (Å²) >= 11 is 0. The van der Waals surface area contributed by atoms with E-state index in [2.05, 4.69) is 5.32 Å². The normalized spacial score (nSPS) is 26.9. The zero-order valence-corrected chi connectivity index (χ0v) is 11.1. The molecule has 1 saturated carbocycles.